The van der Waals surface area contributed by atoms with Crippen LogP contribution in [0.15, 0.2) is 35.3 Å². The first-order valence-corrected chi connectivity index (χ1v) is 6.29. The molecule has 19 heavy (non-hydrogen) atoms. The van der Waals surface area contributed by atoms with E-state index < -0.39 is 5.92 Å². The minimum absolute atomic E-state index is 0.0575. The van der Waals surface area contributed by atoms with Crippen LogP contribution >= 0.6 is 0 Å². The molecule has 0 unspecified atom stereocenters. The number of nitrogens with one attached hydrogen (secondary N) is 1. The molecule has 2 aromatic rings. The first-order valence-electron chi connectivity index (χ1n) is 6.29. The molecular formula is C14H14F2N2O. The highest BCUT2D eigenvalue weighted by Crippen LogP contribution is 2.30. The number of anilines is 1. The number of nitrogens with zero attached hydrogens (tertiary/aromatic N) is 1. The van der Waals surface area contributed by atoms with Crippen molar-refractivity contribution < 1.29 is 8.78 Å². The van der Waals surface area contributed by atoms with E-state index in [1.807, 2.05) is 17.0 Å². The number of pyridine rings is 1. The highest BCUT2D eigenvalue weighted by Gasteiger charge is 2.34. The Morgan fingerprint density at radius 2 is 1.89 bits per heavy atom. The monoisotopic (exact) mass is 264 g/mol. The summed E-state index contributed by atoms with van der Waals surface area (Å²) in [5.74, 6) is -2.55. The standard InChI is InChI=1S/C14H14F2N2O/c15-14(16)4-7-18(8-5-14)10-1-2-12-11(9-10)13(19)3-6-17-12/h1-3,6,9H,4-5,7-8H2,(H,17,19). The van der Waals surface area contributed by atoms with Crippen LogP contribution in [0.3, 0.4) is 0 Å². The number of alkyl halides is 2. The number of aromatic amines is 1. The minimum atomic E-state index is -2.55. The van der Waals surface area contributed by atoms with Gasteiger partial charge in [-0.15, -0.1) is 0 Å². The zero-order valence-electron chi connectivity index (χ0n) is 10.3. The number of piperidine rings is 1. The highest BCUT2D eigenvalue weighted by atomic mass is 19.3. The van der Waals surface area contributed by atoms with Gasteiger partial charge in [-0.3, -0.25) is 4.79 Å². The molecular weight excluding hydrogens is 250 g/mol. The Kier molecular flexibility index (Phi) is 2.77. The third-order valence-electron chi connectivity index (χ3n) is 3.60. The van der Waals surface area contributed by atoms with Crippen molar-refractivity contribution in [1.29, 1.82) is 0 Å². The fourth-order valence-electron chi connectivity index (χ4n) is 2.45. The first-order chi connectivity index (χ1) is 9.05. The fourth-order valence-corrected chi connectivity index (χ4v) is 2.45. The third kappa shape index (κ3) is 2.32. The number of H-pyrrole nitrogens is 1. The molecule has 1 fully saturated rings. The third-order valence-corrected chi connectivity index (χ3v) is 3.60. The summed E-state index contributed by atoms with van der Waals surface area (Å²) >= 11 is 0. The van der Waals surface area contributed by atoms with Gasteiger partial charge in [0.05, 0.1) is 0 Å². The minimum Gasteiger partial charge on any atom is -0.371 e. The predicted molar refractivity (Wildman–Crippen MR) is 71.0 cm³/mol. The molecule has 2 heterocycles. The van der Waals surface area contributed by atoms with Crippen LogP contribution < -0.4 is 10.3 Å². The predicted octanol–water partition coefficient (Wildman–Crippen LogP) is 2.76. The van der Waals surface area contributed by atoms with Crippen LogP contribution in [0.5, 0.6) is 0 Å². The van der Waals surface area contributed by atoms with Gasteiger partial charge in [0, 0.05) is 54.8 Å². The van der Waals surface area contributed by atoms with Crippen molar-refractivity contribution in [1.82, 2.24) is 4.98 Å². The zero-order valence-corrected chi connectivity index (χ0v) is 10.3. The van der Waals surface area contributed by atoms with E-state index in [0.29, 0.717) is 18.5 Å². The number of hydrogen-bond acceptors (Lipinski definition) is 2. The van der Waals surface area contributed by atoms with Gasteiger partial charge in [0.2, 0.25) is 0 Å². The van der Waals surface area contributed by atoms with Crippen molar-refractivity contribution in [3.05, 3.63) is 40.7 Å². The second kappa shape index (κ2) is 4.33. The Morgan fingerprint density at radius 3 is 2.63 bits per heavy atom. The van der Waals surface area contributed by atoms with Crippen LogP contribution in [0.1, 0.15) is 12.8 Å². The molecule has 0 spiro atoms. The van der Waals surface area contributed by atoms with Gasteiger partial charge in [0.15, 0.2) is 5.43 Å². The summed E-state index contributed by atoms with van der Waals surface area (Å²) in [7, 11) is 0. The van der Waals surface area contributed by atoms with E-state index in [1.54, 1.807) is 12.3 Å². The fraction of sp³-hybridized carbons (Fsp3) is 0.357. The van der Waals surface area contributed by atoms with Gasteiger partial charge in [0.25, 0.3) is 5.92 Å². The number of fused-ring (bicyclic) bond motifs is 1. The summed E-state index contributed by atoms with van der Waals surface area (Å²) in [5, 5.41) is 0.595. The lowest BCUT2D eigenvalue weighted by Crippen LogP contribution is -2.39. The Morgan fingerprint density at radius 1 is 1.16 bits per heavy atom. The van der Waals surface area contributed by atoms with Gasteiger partial charge in [0.1, 0.15) is 0 Å². The smallest absolute Gasteiger partial charge is 0.251 e. The van der Waals surface area contributed by atoms with Gasteiger partial charge in [-0.1, -0.05) is 0 Å². The molecule has 0 amide bonds. The summed E-state index contributed by atoms with van der Waals surface area (Å²) in [4.78, 5) is 16.7. The molecule has 3 rings (SSSR count). The lowest BCUT2D eigenvalue weighted by molar-refractivity contribution is -0.0220. The van der Waals surface area contributed by atoms with Gasteiger partial charge in [-0.25, -0.2) is 8.78 Å². The van der Waals surface area contributed by atoms with Gasteiger partial charge < -0.3 is 9.88 Å². The second-order valence-electron chi connectivity index (χ2n) is 4.91. The maximum absolute atomic E-state index is 13.1. The lowest BCUT2D eigenvalue weighted by atomic mass is 10.1. The molecule has 0 saturated carbocycles. The molecule has 1 aromatic heterocycles. The van der Waals surface area contributed by atoms with Crippen molar-refractivity contribution >= 4 is 16.6 Å². The molecule has 1 saturated heterocycles. The first kappa shape index (κ1) is 12.1. The molecule has 100 valence electrons. The SMILES string of the molecule is O=c1cc[nH]c2ccc(N3CCC(F)(F)CC3)cc12. The summed E-state index contributed by atoms with van der Waals surface area (Å²) in [6, 6.07) is 6.93. The van der Waals surface area contributed by atoms with E-state index in [4.69, 9.17) is 0 Å². The van der Waals surface area contributed by atoms with Gasteiger partial charge in [-0.05, 0) is 18.2 Å². The van der Waals surface area contributed by atoms with E-state index in [2.05, 4.69) is 4.98 Å². The Hall–Kier alpha value is -1.91. The molecule has 0 bridgehead atoms. The zero-order chi connectivity index (χ0) is 13.5. The van der Waals surface area contributed by atoms with Crippen LogP contribution in [-0.2, 0) is 0 Å². The average Bonchev–Trinajstić information content (AvgIpc) is 2.39. The molecule has 5 heteroatoms. The molecule has 1 aliphatic rings. The second-order valence-corrected chi connectivity index (χ2v) is 4.91. The molecule has 1 aromatic carbocycles. The highest BCUT2D eigenvalue weighted by molar-refractivity contribution is 5.82. The summed E-state index contributed by atoms with van der Waals surface area (Å²) in [6.07, 6.45) is 1.35. The van der Waals surface area contributed by atoms with Crippen LogP contribution in [0, 0.1) is 0 Å². The van der Waals surface area contributed by atoms with E-state index >= 15 is 0 Å². The lowest BCUT2D eigenvalue weighted by Gasteiger charge is -2.33. The molecule has 0 atom stereocenters. The average molecular weight is 264 g/mol. The van der Waals surface area contributed by atoms with Crippen molar-refractivity contribution in [2.24, 2.45) is 0 Å². The van der Waals surface area contributed by atoms with Crippen molar-refractivity contribution in [2.45, 2.75) is 18.8 Å². The Bertz CT molecular complexity index is 656. The van der Waals surface area contributed by atoms with Crippen LogP contribution in [0.2, 0.25) is 0 Å². The number of benzene rings is 1. The van der Waals surface area contributed by atoms with E-state index in [9.17, 15) is 13.6 Å². The van der Waals surface area contributed by atoms with Crippen LogP contribution in [0.25, 0.3) is 10.9 Å². The van der Waals surface area contributed by atoms with E-state index in [0.717, 1.165) is 11.2 Å². The molecule has 1 N–H and O–H groups in total. The topological polar surface area (TPSA) is 36.1 Å². The van der Waals surface area contributed by atoms with E-state index in [-0.39, 0.29) is 18.3 Å². The van der Waals surface area contributed by atoms with Crippen molar-refractivity contribution in [3.63, 3.8) is 0 Å². The quantitative estimate of drug-likeness (QED) is 0.859. The summed E-state index contributed by atoms with van der Waals surface area (Å²) in [5.41, 5.74) is 1.54. The number of aromatic nitrogens is 1. The maximum Gasteiger partial charge on any atom is 0.251 e. The molecule has 1 aliphatic heterocycles. The van der Waals surface area contributed by atoms with Crippen molar-refractivity contribution in [2.75, 3.05) is 18.0 Å². The summed E-state index contributed by atoms with van der Waals surface area (Å²) in [6.45, 7) is 0.645. The largest absolute Gasteiger partial charge is 0.371 e. The normalized spacial score (nSPS) is 18.7. The van der Waals surface area contributed by atoms with E-state index in [1.165, 1.54) is 6.07 Å². The van der Waals surface area contributed by atoms with Gasteiger partial charge >= 0.3 is 0 Å². The van der Waals surface area contributed by atoms with Crippen molar-refractivity contribution in [3.8, 4) is 0 Å². The molecule has 3 nitrogen and oxygen atoms in total. The van der Waals surface area contributed by atoms with Crippen LogP contribution in [0.4, 0.5) is 14.5 Å². The Labute approximate surface area is 108 Å². The summed E-state index contributed by atoms with van der Waals surface area (Å²) < 4.78 is 26.3. The Balaban J connectivity index is 1.94. The number of rotatable bonds is 1. The van der Waals surface area contributed by atoms with Gasteiger partial charge in [-0.2, -0.15) is 0 Å². The molecule has 0 radical (unpaired) electrons. The van der Waals surface area contributed by atoms with Crippen LogP contribution in [-0.4, -0.2) is 24.0 Å². The number of halogens is 2. The number of hydrogen-bond donors (Lipinski definition) is 1. The maximum atomic E-state index is 13.1. The molecule has 0 aliphatic carbocycles.